The number of hydrogen-bond acceptors (Lipinski definition) is 2. The summed E-state index contributed by atoms with van der Waals surface area (Å²) in [5.41, 5.74) is 3.34. The topological polar surface area (TPSA) is 22.1 Å². The molecule has 0 radical (unpaired) electrons. The fourth-order valence-electron chi connectivity index (χ4n) is 2.02. The monoisotopic (exact) mass is 215 g/mol. The minimum atomic E-state index is 0.497. The third kappa shape index (κ3) is 1.75. The van der Waals surface area contributed by atoms with E-state index in [0.29, 0.717) is 5.92 Å². The van der Waals surface area contributed by atoms with E-state index in [1.165, 1.54) is 10.9 Å². The molecule has 0 saturated carbocycles. The summed E-state index contributed by atoms with van der Waals surface area (Å²) in [6, 6.07) is 8.25. The van der Waals surface area contributed by atoms with Crippen molar-refractivity contribution in [3.63, 3.8) is 0 Å². The number of aryl methyl sites for hydroxylation is 1. The third-order valence-corrected chi connectivity index (χ3v) is 2.80. The van der Waals surface area contributed by atoms with Crippen molar-refractivity contribution >= 4 is 10.9 Å². The van der Waals surface area contributed by atoms with Gasteiger partial charge in [0, 0.05) is 11.1 Å². The lowest BCUT2D eigenvalue weighted by Crippen LogP contribution is -1.96. The molecule has 2 nitrogen and oxygen atoms in total. The summed E-state index contributed by atoms with van der Waals surface area (Å²) in [7, 11) is 1.69. The number of rotatable bonds is 2. The van der Waals surface area contributed by atoms with Gasteiger partial charge >= 0.3 is 0 Å². The van der Waals surface area contributed by atoms with Crippen LogP contribution in [0.4, 0.5) is 0 Å². The van der Waals surface area contributed by atoms with Crippen LogP contribution in [0.2, 0.25) is 0 Å². The van der Waals surface area contributed by atoms with Crippen molar-refractivity contribution in [3.05, 3.63) is 35.5 Å². The van der Waals surface area contributed by atoms with Crippen molar-refractivity contribution in [3.8, 4) is 5.75 Å². The van der Waals surface area contributed by atoms with E-state index in [9.17, 15) is 0 Å². The molecule has 1 aromatic heterocycles. The number of hydrogen-bond donors (Lipinski definition) is 0. The Morgan fingerprint density at radius 3 is 2.62 bits per heavy atom. The van der Waals surface area contributed by atoms with Crippen molar-refractivity contribution in [1.82, 2.24) is 4.98 Å². The van der Waals surface area contributed by atoms with Crippen molar-refractivity contribution in [1.29, 1.82) is 0 Å². The summed E-state index contributed by atoms with van der Waals surface area (Å²) < 4.78 is 5.35. The van der Waals surface area contributed by atoms with E-state index in [-0.39, 0.29) is 0 Å². The minimum Gasteiger partial charge on any atom is -0.494 e. The molecule has 0 atom stereocenters. The molecule has 1 aromatic carbocycles. The van der Waals surface area contributed by atoms with Gasteiger partial charge in [0.25, 0.3) is 0 Å². The lowest BCUT2D eigenvalue weighted by Gasteiger charge is -2.12. The van der Waals surface area contributed by atoms with Gasteiger partial charge in [-0.05, 0) is 30.5 Å². The Balaban J connectivity index is 2.83. The molecular formula is C14H17NO. The maximum atomic E-state index is 5.35. The smallest absolute Gasteiger partial charge is 0.145 e. The van der Waals surface area contributed by atoms with Gasteiger partial charge in [0.15, 0.2) is 0 Å². The summed E-state index contributed by atoms with van der Waals surface area (Å²) in [5, 5.41) is 1.19. The van der Waals surface area contributed by atoms with E-state index in [1.54, 1.807) is 7.11 Å². The van der Waals surface area contributed by atoms with Crippen LogP contribution >= 0.6 is 0 Å². The number of fused-ring (bicyclic) bond motifs is 1. The molecule has 0 amide bonds. The maximum Gasteiger partial charge on any atom is 0.145 e. The number of benzene rings is 1. The lowest BCUT2D eigenvalue weighted by atomic mass is 9.98. The average Bonchev–Trinajstić information content (AvgIpc) is 2.27. The molecule has 0 bridgehead atoms. The zero-order valence-corrected chi connectivity index (χ0v) is 10.2. The Kier molecular flexibility index (Phi) is 2.82. The molecule has 0 saturated heterocycles. The van der Waals surface area contributed by atoms with Gasteiger partial charge < -0.3 is 4.74 Å². The molecule has 0 unspecified atom stereocenters. The first kappa shape index (κ1) is 10.9. The van der Waals surface area contributed by atoms with Crippen LogP contribution in [0.25, 0.3) is 10.9 Å². The molecule has 2 rings (SSSR count). The quantitative estimate of drug-likeness (QED) is 0.762. The van der Waals surface area contributed by atoms with Gasteiger partial charge in [0.2, 0.25) is 0 Å². The zero-order chi connectivity index (χ0) is 11.7. The van der Waals surface area contributed by atoms with Crippen LogP contribution in [-0.2, 0) is 0 Å². The fourth-order valence-corrected chi connectivity index (χ4v) is 2.02. The lowest BCUT2D eigenvalue weighted by molar-refractivity contribution is 0.419. The highest BCUT2D eigenvalue weighted by atomic mass is 16.5. The van der Waals surface area contributed by atoms with Gasteiger partial charge in [0.1, 0.15) is 11.3 Å². The van der Waals surface area contributed by atoms with E-state index < -0.39 is 0 Å². The second-order valence-corrected chi connectivity index (χ2v) is 4.36. The highest BCUT2D eigenvalue weighted by molar-refractivity contribution is 5.88. The number of para-hydroxylation sites is 1. The van der Waals surface area contributed by atoms with E-state index in [0.717, 1.165) is 17.0 Å². The molecule has 2 heteroatoms. The first-order valence-corrected chi connectivity index (χ1v) is 5.57. The molecule has 0 aliphatic carbocycles. The zero-order valence-electron chi connectivity index (χ0n) is 10.2. The van der Waals surface area contributed by atoms with Gasteiger partial charge in [-0.25, -0.2) is 4.98 Å². The van der Waals surface area contributed by atoms with Crippen molar-refractivity contribution in [2.75, 3.05) is 7.11 Å². The summed E-state index contributed by atoms with van der Waals surface area (Å²) in [6.45, 7) is 6.43. The van der Waals surface area contributed by atoms with E-state index >= 15 is 0 Å². The summed E-state index contributed by atoms with van der Waals surface area (Å²) >= 11 is 0. The highest BCUT2D eigenvalue weighted by Gasteiger charge is 2.10. The van der Waals surface area contributed by atoms with Crippen molar-refractivity contribution in [2.45, 2.75) is 26.7 Å². The van der Waals surface area contributed by atoms with Crippen LogP contribution in [0.1, 0.15) is 31.0 Å². The van der Waals surface area contributed by atoms with Crippen LogP contribution < -0.4 is 4.74 Å². The first-order chi connectivity index (χ1) is 7.63. The third-order valence-electron chi connectivity index (χ3n) is 2.80. The Labute approximate surface area is 96.3 Å². The average molecular weight is 215 g/mol. The largest absolute Gasteiger partial charge is 0.494 e. The highest BCUT2D eigenvalue weighted by Crippen LogP contribution is 2.30. The molecule has 0 spiro atoms. The predicted octanol–water partition coefficient (Wildman–Crippen LogP) is 3.68. The fraction of sp³-hybridized carbons (Fsp3) is 0.357. The van der Waals surface area contributed by atoms with Gasteiger partial charge in [-0.2, -0.15) is 0 Å². The predicted molar refractivity (Wildman–Crippen MR) is 67.1 cm³/mol. The molecule has 16 heavy (non-hydrogen) atoms. The molecular weight excluding hydrogens is 198 g/mol. The number of aromatic nitrogens is 1. The normalized spacial score (nSPS) is 11.1. The standard InChI is InChI=1S/C14H17NO/c1-9(2)12-8-10(3)15-14-11(12)6-5-7-13(14)16-4/h5-9H,1-4H3. The van der Waals surface area contributed by atoms with Gasteiger partial charge in [-0.15, -0.1) is 0 Å². The molecule has 84 valence electrons. The maximum absolute atomic E-state index is 5.35. The second kappa shape index (κ2) is 4.12. The molecule has 1 heterocycles. The molecule has 0 N–H and O–H groups in total. The molecule has 0 fully saturated rings. The first-order valence-electron chi connectivity index (χ1n) is 5.57. The second-order valence-electron chi connectivity index (χ2n) is 4.36. The van der Waals surface area contributed by atoms with E-state index in [1.807, 2.05) is 19.1 Å². The van der Waals surface area contributed by atoms with Crippen molar-refractivity contribution in [2.24, 2.45) is 0 Å². The van der Waals surface area contributed by atoms with Gasteiger partial charge in [-0.1, -0.05) is 26.0 Å². The molecule has 2 aromatic rings. The number of ether oxygens (including phenoxy) is 1. The Morgan fingerprint density at radius 2 is 2.00 bits per heavy atom. The van der Waals surface area contributed by atoms with Gasteiger partial charge in [-0.3, -0.25) is 0 Å². The van der Waals surface area contributed by atoms with Gasteiger partial charge in [0.05, 0.1) is 7.11 Å². The molecule has 0 aliphatic heterocycles. The van der Waals surface area contributed by atoms with Crippen LogP contribution in [0.15, 0.2) is 24.3 Å². The number of methoxy groups -OCH3 is 1. The minimum absolute atomic E-state index is 0.497. The molecule has 0 aliphatic rings. The van der Waals surface area contributed by atoms with Crippen LogP contribution in [0.5, 0.6) is 5.75 Å². The Morgan fingerprint density at radius 1 is 1.25 bits per heavy atom. The van der Waals surface area contributed by atoms with E-state index in [2.05, 4.69) is 31.0 Å². The number of pyridine rings is 1. The van der Waals surface area contributed by atoms with Crippen LogP contribution in [0.3, 0.4) is 0 Å². The van der Waals surface area contributed by atoms with Crippen LogP contribution in [0, 0.1) is 6.92 Å². The van der Waals surface area contributed by atoms with E-state index in [4.69, 9.17) is 4.74 Å². The summed E-state index contributed by atoms with van der Waals surface area (Å²) in [6.07, 6.45) is 0. The Hall–Kier alpha value is -1.57. The number of nitrogens with zero attached hydrogens (tertiary/aromatic N) is 1. The van der Waals surface area contributed by atoms with Crippen molar-refractivity contribution < 1.29 is 4.74 Å². The SMILES string of the molecule is COc1cccc2c(C(C)C)cc(C)nc12. The Bertz CT molecular complexity index is 517. The van der Waals surface area contributed by atoms with Crippen LogP contribution in [-0.4, -0.2) is 12.1 Å². The summed E-state index contributed by atoms with van der Waals surface area (Å²) in [5.74, 6) is 1.35. The summed E-state index contributed by atoms with van der Waals surface area (Å²) in [4.78, 5) is 4.56.